The summed E-state index contributed by atoms with van der Waals surface area (Å²) in [4.78, 5) is 12.9. The number of methoxy groups -OCH3 is 4. The lowest BCUT2D eigenvalue weighted by atomic mass is 10.1. The van der Waals surface area contributed by atoms with Crippen LogP contribution in [0.2, 0.25) is 0 Å². The lowest BCUT2D eigenvalue weighted by Gasteiger charge is -2.10. The third kappa shape index (κ3) is 4.05. The summed E-state index contributed by atoms with van der Waals surface area (Å²) in [6.45, 7) is 0. The van der Waals surface area contributed by atoms with Gasteiger partial charge in [0.15, 0.2) is 28.8 Å². The van der Waals surface area contributed by atoms with Gasteiger partial charge in [-0.3, -0.25) is 4.79 Å². The molecular weight excluding hydrogens is 388 g/mol. The molecule has 2 aromatic rings. The zero-order valence-electron chi connectivity index (χ0n) is 17.3. The lowest BCUT2D eigenvalue weighted by molar-refractivity contribution is -0.111. The number of rotatable bonds is 6. The highest BCUT2D eigenvalue weighted by Gasteiger charge is 2.24. The van der Waals surface area contributed by atoms with Crippen LogP contribution in [0.5, 0.6) is 34.5 Å². The third-order valence-electron chi connectivity index (χ3n) is 4.93. The molecule has 7 heteroatoms. The average Bonchev–Trinajstić information content (AvgIpc) is 3.09. The topological polar surface area (TPSA) is 94.5 Å². The Balaban J connectivity index is 1.93. The molecule has 7 nitrogen and oxygen atoms in total. The fourth-order valence-electron chi connectivity index (χ4n) is 3.37. The molecule has 0 aliphatic heterocycles. The molecule has 0 aromatic heterocycles. The quantitative estimate of drug-likeness (QED) is 0.694. The maximum atomic E-state index is 12.9. The van der Waals surface area contributed by atoms with E-state index in [1.54, 1.807) is 36.4 Å². The molecule has 0 radical (unpaired) electrons. The Morgan fingerprint density at radius 3 is 1.23 bits per heavy atom. The molecule has 1 fully saturated rings. The van der Waals surface area contributed by atoms with Gasteiger partial charge in [-0.05, 0) is 60.4 Å². The van der Waals surface area contributed by atoms with Crippen molar-refractivity contribution in [3.05, 3.63) is 46.5 Å². The van der Waals surface area contributed by atoms with Gasteiger partial charge in [0.05, 0.1) is 28.4 Å². The Kier molecular flexibility index (Phi) is 6.20. The fourth-order valence-corrected chi connectivity index (χ4v) is 3.37. The van der Waals surface area contributed by atoms with Crippen LogP contribution in [0.3, 0.4) is 0 Å². The predicted octanol–water partition coefficient (Wildman–Crippen LogP) is 3.96. The van der Waals surface area contributed by atoms with Gasteiger partial charge in [0.25, 0.3) is 0 Å². The van der Waals surface area contributed by atoms with Crippen molar-refractivity contribution in [1.82, 2.24) is 0 Å². The SMILES string of the molecule is COc1cc(/C=C2/CC/C(=C/c3cc(OC)c(O)c(OC)c3)C2=O)cc(OC)c1O. The van der Waals surface area contributed by atoms with Crippen LogP contribution in [0.4, 0.5) is 0 Å². The first kappa shape index (κ1) is 21.1. The Hall–Kier alpha value is -3.61. The number of carbonyl (C=O) groups excluding carboxylic acids is 1. The number of hydrogen-bond acceptors (Lipinski definition) is 7. The van der Waals surface area contributed by atoms with E-state index >= 15 is 0 Å². The highest BCUT2D eigenvalue weighted by Crippen LogP contribution is 2.40. The van der Waals surface area contributed by atoms with Crippen LogP contribution in [0.1, 0.15) is 24.0 Å². The van der Waals surface area contributed by atoms with Crippen molar-refractivity contribution in [2.45, 2.75) is 12.8 Å². The van der Waals surface area contributed by atoms with Crippen molar-refractivity contribution in [2.75, 3.05) is 28.4 Å². The molecule has 1 aliphatic rings. The van der Waals surface area contributed by atoms with E-state index in [0.717, 1.165) is 0 Å². The number of carbonyl (C=O) groups is 1. The fraction of sp³-hybridized carbons (Fsp3) is 0.261. The Labute approximate surface area is 174 Å². The van der Waals surface area contributed by atoms with E-state index in [1.165, 1.54) is 28.4 Å². The second-order valence-electron chi connectivity index (χ2n) is 6.72. The molecule has 2 aromatic carbocycles. The molecule has 0 atom stereocenters. The van der Waals surface area contributed by atoms with Gasteiger partial charge in [0.1, 0.15) is 0 Å². The zero-order valence-corrected chi connectivity index (χ0v) is 17.3. The minimum atomic E-state index is -0.0873. The van der Waals surface area contributed by atoms with Crippen LogP contribution in [-0.4, -0.2) is 44.4 Å². The maximum Gasteiger partial charge on any atom is 0.200 e. The summed E-state index contributed by atoms with van der Waals surface area (Å²) in [7, 11) is 5.81. The number of allylic oxidation sites excluding steroid dienone is 2. The highest BCUT2D eigenvalue weighted by molar-refractivity contribution is 6.15. The van der Waals surface area contributed by atoms with Crippen LogP contribution < -0.4 is 18.9 Å². The number of ether oxygens (including phenoxy) is 4. The van der Waals surface area contributed by atoms with Gasteiger partial charge in [-0.25, -0.2) is 0 Å². The summed E-state index contributed by atoms with van der Waals surface area (Å²) >= 11 is 0. The number of phenols is 2. The second-order valence-corrected chi connectivity index (χ2v) is 6.72. The molecule has 1 saturated carbocycles. The van der Waals surface area contributed by atoms with Crippen LogP contribution in [-0.2, 0) is 4.79 Å². The molecule has 0 saturated heterocycles. The van der Waals surface area contributed by atoms with E-state index in [-0.39, 0.29) is 40.3 Å². The van der Waals surface area contributed by atoms with E-state index in [0.29, 0.717) is 35.1 Å². The Morgan fingerprint density at radius 1 is 0.667 bits per heavy atom. The van der Waals surface area contributed by atoms with Gasteiger partial charge < -0.3 is 29.2 Å². The van der Waals surface area contributed by atoms with Crippen molar-refractivity contribution in [3.8, 4) is 34.5 Å². The van der Waals surface area contributed by atoms with Gasteiger partial charge in [0.2, 0.25) is 11.5 Å². The molecule has 0 unspecified atom stereocenters. The van der Waals surface area contributed by atoms with Crippen molar-refractivity contribution in [2.24, 2.45) is 0 Å². The Bertz CT molecular complexity index is 902. The van der Waals surface area contributed by atoms with E-state index in [4.69, 9.17) is 18.9 Å². The first-order valence-electron chi connectivity index (χ1n) is 9.27. The van der Waals surface area contributed by atoms with E-state index in [2.05, 4.69) is 0 Å². The average molecular weight is 412 g/mol. The molecule has 158 valence electrons. The van der Waals surface area contributed by atoms with Gasteiger partial charge in [-0.1, -0.05) is 0 Å². The number of Topliss-reactive ketones (excluding diaryl/α,β-unsaturated/α-hetero) is 1. The monoisotopic (exact) mass is 412 g/mol. The van der Waals surface area contributed by atoms with Crippen molar-refractivity contribution >= 4 is 17.9 Å². The molecule has 1 aliphatic carbocycles. The van der Waals surface area contributed by atoms with E-state index in [9.17, 15) is 15.0 Å². The summed E-state index contributed by atoms with van der Waals surface area (Å²) in [6, 6.07) is 6.59. The van der Waals surface area contributed by atoms with Gasteiger partial charge in [-0.2, -0.15) is 0 Å². The van der Waals surface area contributed by atoms with Crippen LogP contribution in [0.15, 0.2) is 35.4 Å². The third-order valence-corrected chi connectivity index (χ3v) is 4.93. The van der Waals surface area contributed by atoms with Crippen LogP contribution >= 0.6 is 0 Å². The van der Waals surface area contributed by atoms with Gasteiger partial charge >= 0.3 is 0 Å². The molecular formula is C23H24O7. The molecule has 3 rings (SSSR count). The molecule has 0 bridgehead atoms. The summed E-state index contributed by atoms with van der Waals surface area (Å²) in [5.74, 6) is 0.839. The molecule has 2 N–H and O–H groups in total. The molecule has 0 heterocycles. The van der Waals surface area contributed by atoms with E-state index in [1.807, 2.05) is 0 Å². The predicted molar refractivity (Wildman–Crippen MR) is 113 cm³/mol. The summed E-state index contributed by atoms with van der Waals surface area (Å²) < 4.78 is 20.7. The lowest BCUT2D eigenvalue weighted by Crippen LogP contribution is -1.97. The number of benzene rings is 2. The minimum Gasteiger partial charge on any atom is -0.502 e. The number of phenolic OH excluding ortho intramolecular Hbond substituents is 2. The van der Waals surface area contributed by atoms with Crippen molar-refractivity contribution < 1.29 is 34.0 Å². The number of aromatic hydroxyl groups is 2. The summed E-state index contributed by atoms with van der Waals surface area (Å²) in [5.41, 5.74) is 2.68. The largest absolute Gasteiger partial charge is 0.502 e. The molecule has 0 spiro atoms. The zero-order chi connectivity index (χ0) is 21.8. The van der Waals surface area contributed by atoms with Crippen LogP contribution in [0, 0.1) is 0 Å². The summed E-state index contributed by atoms with van der Waals surface area (Å²) in [6.07, 6.45) is 4.71. The number of ketones is 1. The Morgan fingerprint density at radius 2 is 0.967 bits per heavy atom. The molecule has 0 amide bonds. The normalized spacial score (nSPS) is 16.2. The first-order valence-corrected chi connectivity index (χ1v) is 9.27. The van der Waals surface area contributed by atoms with Crippen molar-refractivity contribution in [1.29, 1.82) is 0 Å². The first-order chi connectivity index (χ1) is 14.4. The maximum absolute atomic E-state index is 12.9. The van der Waals surface area contributed by atoms with E-state index < -0.39 is 0 Å². The highest BCUT2D eigenvalue weighted by atomic mass is 16.5. The standard InChI is InChI=1S/C23H24O7/c1-27-17-9-13(10-18(28-2)22(17)25)7-15-5-6-16(21(15)24)8-14-11-19(29-3)23(26)20(12-14)30-4/h7-12,25-26H,5-6H2,1-4H3/b15-7-,16-8-. The summed E-state index contributed by atoms with van der Waals surface area (Å²) in [5, 5.41) is 20.1. The second kappa shape index (κ2) is 8.82. The minimum absolute atomic E-state index is 0.0629. The van der Waals surface area contributed by atoms with Crippen LogP contribution in [0.25, 0.3) is 12.2 Å². The van der Waals surface area contributed by atoms with Gasteiger partial charge in [0, 0.05) is 11.1 Å². The van der Waals surface area contributed by atoms with Gasteiger partial charge in [-0.15, -0.1) is 0 Å². The smallest absolute Gasteiger partial charge is 0.200 e. The molecule has 30 heavy (non-hydrogen) atoms. The van der Waals surface area contributed by atoms with Crippen molar-refractivity contribution in [3.63, 3.8) is 0 Å². The number of hydrogen-bond donors (Lipinski definition) is 2.